The van der Waals surface area contributed by atoms with Crippen molar-refractivity contribution in [3.05, 3.63) is 12.7 Å². The summed E-state index contributed by atoms with van der Waals surface area (Å²) in [5, 5.41) is 10.7. The van der Waals surface area contributed by atoms with E-state index in [9.17, 15) is 5.11 Å². The predicted octanol–water partition coefficient (Wildman–Crippen LogP) is 6.50. The van der Waals surface area contributed by atoms with Crippen LogP contribution in [0.2, 0.25) is 36.3 Å². The Bertz CT molecular complexity index is 434. The van der Waals surface area contributed by atoms with Crippen LogP contribution < -0.4 is 0 Å². The summed E-state index contributed by atoms with van der Waals surface area (Å²) < 4.78 is 13.2. The minimum Gasteiger partial charge on any atom is -0.414 e. The van der Waals surface area contributed by atoms with Crippen LogP contribution in [0, 0.1) is 0 Å². The van der Waals surface area contributed by atoms with Crippen LogP contribution in [0.1, 0.15) is 67.7 Å². The Hall–Kier alpha value is 0.0538. The molecule has 0 aromatic rings. The zero-order chi connectivity index (χ0) is 21.0. The maximum Gasteiger partial charge on any atom is 0.192 e. The van der Waals surface area contributed by atoms with Gasteiger partial charge in [0.15, 0.2) is 16.6 Å². The molecule has 0 heterocycles. The molecule has 1 N–H and O–H groups in total. The Balaban J connectivity index is 5.20. The molecular weight excluding hydrogens is 356 g/mol. The van der Waals surface area contributed by atoms with Crippen LogP contribution in [-0.4, -0.2) is 40.1 Å². The first-order valence-electron chi connectivity index (χ1n) is 10.1. The van der Waals surface area contributed by atoms with Crippen LogP contribution in [-0.2, 0) is 8.85 Å². The van der Waals surface area contributed by atoms with Gasteiger partial charge in [-0.1, -0.05) is 47.6 Å². The Kier molecular flexibility index (Phi) is 9.52. The van der Waals surface area contributed by atoms with Gasteiger partial charge >= 0.3 is 0 Å². The molecule has 0 radical (unpaired) electrons. The molecule has 0 saturated heterocycles. The second kappa shape index (κ2) is 9.50. The molecule has 3 atom stereocenters. The van der Waals surface area contributed by atoms with Gasteiger partial charge in [0.2, 0.25) is 0 Å². The van der Waals surface area contributed by atoms with Crippen molar-refractivity contribution in [2.24, 2.45) is 0 Å². The molecule has 1 unspecified atom stereocenters. The van der Waals surface area contributed by atoms with Gasteiger partial charge in [0.1, 0.15) is 0 Å². The number of aliphatic hydroxyl groups is 1. The van der Waals surface area contributed by atoms with Gasteiger partial charge in [-0.15, -0.1) is 6.58 Å². The summed E-state index contributed by atoms with van der Waals surface area (Å²) in [5.74, 6) is 0. The molecule has 0 aromatic carbocycles. The molecule has 0 rings (SSSR count). The first-order chi connectivity index (χ1) is 11.4. The molecule has 0 saturated carbocycles. The standard InChI is InChI=1S/C21H46O3Si2/c1-13-14-18(22)16-19(24-26(11,12)21(6,7)8)15-17(2)23-25(9,10)20(3,4)5/h13,17-19,22H,1,14-16H2,2-12H3/t17-,18?,19-/m0/s1. The maximum absolute atomic E-state index is 10.3. The maximum atomic E-state index is 10.3. The molecule has 3 nitrogen and oxygen atoms in total. The molecule has 26 heavy (non-hydrogen) atoms. The van der Waals surface area contributed by atoms with E-state index in [0.717, 1.165) is 6.42 Å². The van der Waals surface area contributed by atoms with Crippen molar-refractivity contribution >= 4 is 16.6 Å². The second-order valence-corrected chi connectivity index (χ2v) is 20.4. The van der Waals surface area contributed by atoms with Crippen LogP contribution >= 0.6 is 0 Å². The first-order valence-corrected chi connectivity index (χ1v) is 15.9. The quantitative estimate of drug-likeness (QED) is 0.334. The van der Waals surface area contributed by atoms with E-state index in [1.807, 2.05) is 0 Å². The fraction of sp³-hybridized carbons (Fsp3) is 0.905. The summed E-state index contributed by atoms with van der Waals surface area (Å²) in [7, 11) is -3.71. The Morgan fingerprint density at radius 2 is 1.31 bits per heavy atom. The zero-order valence-corrected chi connectivity index (χ0v) is 21.4. The Labute approximate surface area is 165 Å². The van der Waals surface area contributed by atoms with E-state index < -0.39 is 22.7 Å². The molecule has 0 spiro atoms. The molecule has 0 bridgehead atoms. The normalized spacial score (nSPS) is 17.7. The van der Waals surface area contributed by atoms with E-state index >= 15 is 0 Å². The van der Waals surface area contributed by atoms with Crippen molar-refractivity contribution in [2.75, 3.05) is 0 Å². The molecule has 156 valence electrons. The molecule has 0 amide bonds. The van der Waals surface area contributed by atoms with Crippen molar-refractivity contribution < 1.29 is 14.0 Å². The average molecular weight is 403 g/mol. The third kappa shape index (κ3) is 8.38. The van der Waals surface area contributed by atoms with Crippen LogP contribution in [0.3, 0.4) is 0 Å². The highest BCUT2D eigenvalue weighted by Gasteiger charge is 2.41. The highest BCUT2D eigenvalue weighted by Crippen LogP contribution is 2.40. The van der Waals surface area contributed by atoms with Gasteiger partial charge in [0, 0.05) is 12.2 Å². The predicted molar refractivity (Wildman–Crippen MR) is 120 cm³/mol. The van der Waals surface area contributed by atoms with Gasteiger partial charge in [-0.25, -0.2) is 0 Å². The van der Waals surface area contributed by atoms with Crippen molar-refractivity contribution in [1.29, 1.82) is 0 Å². The van der Waals surface area contributed by atoms with Crippen molar-refractivity contribution in [3.8, 4) is 0 Å². The third-order valence-corrected chi connectivity index (χ3v) is 15.3. The summed E-state index contributed by atoms with van der Waals surface area (Å²) in [6, 6.07) is 0. The highest BCUT2D eigenvalue weighted by molar-refractivity contribution is 6.74. The zero-order valence-electron chi connectivity index (χ0n) is 19.4. The lowest BCUT2D eigenvalue weighted by atomic mass is 10.0. The summed E-state index contributed by atoms with van der Waals surface area (Å²) in [4.78, 5) is 0. The summed E-state index contributed by atoms with van der Waals surface area (Å²) in [5.41, 5.74) is 0. The summed E-state index contributed by atoms with van der Waals surface area (Å²) in [6.45, 7) is 28.6. The highest BCUT2D eigenvalue weighted by atomic mass is 28.4. The number of aliphatic hydroxyl groups excluding tert-OH is 1. The van der Waals surface area contributed by atoms with Crippen molar-refractivity contribution in [1.82, 2.24) is 0 Å². The van der Waals surface area contributed by atoms with Crippen molar-refractivity contribution in [2.45, 2.75) is 122 Å². The van der Waals surface area contributed by atoms with E-state index in [2.05, 4.69) is 81.2 Å². The fourth-order valence-corrected chi connectivity index (χ4v) is 5.31. The second-order valence-electron chi connectivity index (χ2n) is 10.8. The molecule has 0 aliphatic carbocycles. The molecule has 0 aromatic heterocycles. The Morgan fingerprint density at radius 1 is 0.885 bits per heavy atom. The van der Waals surface area contributed by atoms with E-state index in [4.69, 9.17) is 8.85 Å². The SMILES string of the molecule is C=CCC(O)C[C@H](C[C@H](C)O[Si](C)(C)C(C)(C)C)O[Si](C)(C)C(C)(C)C. The molecular formula is C21H46O3Si2. The molecule has 5 heteroatoms. The molecule has 0 aliphatic heterocycles. The van der Waals surface area contributed by atoms with Gasteiger partial charge in [-0.2, -0.15) is 0 Å². The van der Waals surface area contributed by atoms with E-state index in [1.165, 1.54) is 0 Å². The summed E-state index contributed by atoms with van der Waals surface area (Å²) in [6.07, 6.45) is 3.60. The van der Waals surface area contributed by atoms with Gasteiger partial charge in [-0.05, 0) is 62.5 Å². The lowest BCUT2D eigenvalue weighted by molar-refractivity contribution is 0.0549. The van der Waals surface area contributed by atoms with Gasteiger partial charge in [-0.3, -0.25) is 0 Å². The van der Waals surface area contributed by atoms with Gasteiger partial charge in [0.25, 0.3) is 0 Å². The average Bonchev–Trinajstić information content (AvgIpc) is 2.34. The molecule has 0 fully saturated rings. The smallest absolute Gasteiger partial charge is 0.192 e. The summed E-state index contributed by atoms with van der Waals surface area (Å²) >= 11 is 0. The van der Waals surface area contributed by atoms with E-state index in [0.29, 0.717) is 12.8 Å². The van der Waals surface area contributed by atoms with E-state index in [-0.39, 0.29) is 22.3 Å². The minimum atomic E-state index is -1.90. The first kappa shape index (κ1) is 26.1. The van der Waals surface area contributed by atoms with Crippen LogP contribution in [0.15, 0.2) is 12.7 Å². The van der Waals surface area contributed by atoms with Gasteiger partial charge in [0.05, 0.1) is 6.10 Å². The van der Waals surface area contributed by atoms with E-state index in [1.54, 1.807) is 6.08 Å². The topological polar surface area (TPSA) is 38.7 Å². The van der Waals surface area contributed by atoms with Gasteiger partial charge < -0.3 is 14.0 Å². The van der Waals surface area contributed by atoms with Crippen LogP contribution in [0.4, 0.5) is 0 Å². The molecule has 0 aliphatic rings. The fourth-order valence-electron chi connectivity index (χ4n) is 2.48. The monoisotopic (exact) mass is 402 g/mol. The number of hydrogen-bond donors (Lipinski definition) is 1. The lowest BCUT2D eigenvalue weighted by Gasteiger charge is -2.42. The Morgan fingerprint density at radius 3 is 1.69 bits per heavy atom. The number of rotatable bonds is 10. The number of hydrogen-bond acceptors (Lipinski definition) is 3. The minimum absolute atomic E-state index is 0.0191. The largest absolute Gasteiger partial charge is 0.414 e. The van der Waals surface area contributed by atoms with Crippen LogP contribution in [0.5, 0.6) is 0 Å². The van der Waals surface area contributed by atoms with Crippen molar-refractivity contribution in [3.63, 3.8) is 0 Å². The lowest BCUT2D eigenvalue weighted by Crippen LogP contribution is -2.47. The third-order valence-electron chi connectivity index (χ3n) is 6.14. The van der Waals surface area contributed by atoms with Crippen LogP contribution in [0.25, 0.3) is 0 Å².